The fraction of sp³-hybridized carbons (Fsp3) is 0.0667. The quantitative estimate of drug-likeness (QED) is 0.691. The highest BCUT2D eigenvalue weighted by molar-refractivity contribution is 8.00. The summed E-state index contributed by atoms with van der Waals surface area (Å²) < 4.78 is 14.4. The molecular formula is C15H12FN3S2. The van der Waals surface area contributed by atoms with Gasteiger partial charge in [0.2, 0.25) is 5.13 Å². The maximum atomic E-state index is 13.5. The summed E-state index contributed by atoms with van der Waals surface area (Å²) in [6.07, 6.45) is 0. The Balaban J connectivity index is 1.63. The molecule has 3 nitrogen and oxygen atoms in total. The molecule has 6 heteroatoms. The predicted molar refractivity (Wildman–Crippen MR) is 85.6 cm³/mol. The average molecular weight is 317 g/mol. The number of aromatic nitrogens is 2. The van der Waals surface area contributed by atoms with Crippen LogP contribution in [0.5, 0.6) is 0 Å². The number of rotatable bonds is 5. The zero-order valence-corrected chi connectivity index (χ0v) is 12.6. The van der Waals surface area contributed by atoms with Gasteiger partial charge in [-0.2, -0.15) is 0 Å². The number of benzene rings is 2. The minimum Gasteiger partial charge on any atom is -0.328 e. The molecular weight excluding hydrogens is 305 g/mol. The molecule has 3 aromatic rings. The van der Waals surface area contributed by atoms with Crippen LogP contribution in [0.2, 0.25) is 0 Å². The number of hydrogen-bond donors (Lipinski definition) is 1. The summed E-state index contributed by atoms with van der Waals surface area (Å²) in [4.78, 5) is 0. The highest BCUT2D eigenvalue weighted by Gasteiger charge is 2.07. The van der Waals surface area contributed by atoms with Crippen molar-refractivity contribution < 1.29 is 4.39 Å². The second-order valence-electron chi connectivity index (χ2n) is 4.25. The maximum absolute atomic E-state index is 13.5. The van der Waals surface area contributed by atoms with E-state index < -0.39 is 0 Å². The molecule has 0 atom stereocenters. The van der Waals surface area contributed by atoms with Gasteiger partial charge in [0.15, 0.2) is 4.34 Å². The lowest BCUT2D eigenvalue weighted by molar-refractivity contribution is 0.632. The molecule has 1 N–H and O–H groups in total. The largest absolute Gasteiger partial charge is 0.328 e. The Morgan fingerprint density at radius 3 is 2.57 bits per heavy atom. The molecule has 0 unspecified atom stereocenters. The molecule has 0 aliphatic rings. The Bertz CT molecular complexity index is 716. The fourth-order valence-corrected chi connectivity index (χ4v) is 3.44. The van der Waals surface area contributed by atoms with Crippen molar-refractivity contribution in [2.75, 3.05) is 5.32 Å². The van der Waals surface area contributed by atoms with Crippen LogP contribution in [0, 0.1) is 5.82 Å². The van der Waals surface area contributed by atoms with Crippen molar-refractivity contribution in [2.45, 2.75) is 10.1 Å². The highest BCUT2D eigenvalue weighted by Crippen LogP contribution is 2.30. The van der Waals surface area contributed by atoms with Crippen molar-refractivity contribution in [3.63, 3.8) is 0 Å². The monoisotopic (exact) mass is 317 g/mol. The van der Waals surface area contributed by atoms with Crippen LogP contribution in [0.25, 0.3) is 0 Å². The Hall–Kier alpha value is -1.92. The molecule has 0 spiro atoms. The Kier molecular flexibility index (Phi) is 4.47. The topological polar surface area (TPSA) is 37.8 Å². The Morgan fingerprint density at radius 2 is 1.76 bits per heavy atom. The second kappa shape index (κ2) is 6.69. The number of nitrogens with zero attached hydrogens (tertiary/aromatic N) is 2. The first-order chi connectivity index (χ1) is 10.3. The van der Waals surface area contributed by atoms with E-state index in [1.807, 2.05) is 18.2 Å². The van der Waals surface area contributed by atoms with Gasteiger partial charge in [0.1, 0.15) is 5.82 Å². The van der Waals surface area contributed by atoms with Crippen LogP contribution in [0.4, 0.5) is 15.2 Å². The van der Waals surface area contributed by atoms with Crippen LogP contribution >= 0.6 is 23.1 Å². The van der Waals surface area contributed by atoms with E-state index in [0.29, 0.717) is 10.8 Å². The van der Waals surface area contributed by atoms with Gasteiger partial charge >= 0.3 is 0 Å². The van der Waals surface area contributed by atoms with Crippen molar-refractivity contribution >= 4 is 33.9 Å². The zero-order valence-electron chi connectivity index (χ0n) is 11.0. The summed E-state index contributed by atoms with van der Waals surface area (Å²) in [6.45, 7) is 0. The third-order valence-electron chi connectivity index (χ3n) is 2.73. The number of nitrogens with one attached hydrogen (secondary N) is 1. The molecule has 1 aromatic heterocycles. The Morgan fingerprint density at radius 1 is 1.00 bits per heavy atom. The molecule has 0 radical (unpaired) electrons. The molecule has 0 bridgehead atoms. The lowest BCUT2D eigenvalue weighted by Crippen LogP contribution is -1.92. The van der Waals surface area contributed by atoms with E-state index in [-0.39, 0.29) is 5.82 Å². The summed E-state index contributed by atoms with van der Waals surface area (Å²) in [7, 11) is 0. The fourth-order valence-electron chi connectivity index (χ4n) is 1.72. The molecule has 21 heavy (non-hydrogen) atoms. The van der Waals surface area contributed by atoms with E-state index in [9.17, 15) is 4.39 Å². The van der Waals surface area contributed by atoms with Gasteiger partial charge in [0, 0.05) is 5.75 Å². The minimum absolute atomic E-state index is 0.300. The molecule has 0 aliphatic carbocycles. The van der Waals surface area contributed by atoms with Crippen LogP contribution in [0.1, 0.15) is 5.56 Å². The van der Waals surface area contributed by atoms with Gasteiger partial charge in [-0.05, 0) is 17.7 Å². The molecule has 3 rings (SSSR count). The summed E-state index contributed by atoms with van der Waals surface area (Å²) in [5, 5.41) is 11.7. The molecule has 0 saturated carbocycles. The predicted octanol–water partition coefficient (Wildman–Crippen LogP) is 4.71. The van der Waals surface area contributed by atoms with Gasteiger partial charge in [-0.3, -0.25) is 0 Å². The molecule has 2 aromatic carbocycles. The van der Waals surface area contributed by atoms with Crippen molar-refractivity contribution in [3.8, 4) is 0 Å². The Labute approximate surface area is 130 Å². The van der Waals surface area contributed by atoms with E-state index in [2.05, 4.69) is 27.6 Å². The first-order valence-electron chi connectivity index (χ1n) is 6.33. The van der Waals surface area contributed by atoms with E-state index in [1.54, 1.807) is 30.0 Å². The van der Waals surface area contributed by atoms with E-state index in [0.717, 1.165) is 10.1 Å². The smallest absolute Gasteiger partial charge is 0.210 e. The summed E-state index contributed by atoms with van der Waals surface area (Å²) in [5.74, 6) is 0.543. The van der Waals surface area contributed by atoms with Gasteiger partial charge in [0.25, 0.3) is 0 Å². The molecule has 0 aliphatic heterocycles. The maximum Gasteiger partial charge on any atom is 0.210 e. The lowest BCUT2D eigenvalue weighted by atomic mass is 10.2. The van der Waals surface area contributed by atoms with Gasteiger partial charge in [0.05, 0.1) is 5.69 Å². The first-order valence-corrected chi connectivity index (χ1v) is 8.13. The van der Waals surface area contributed by atoms with E-state index in [4.69, 9.17) is 0 Å². The first kappa shape index (κ1) is 14.0. The normalized spacial score (nSPS) is 10.5. The van der Waals surface area contributed by atoms with Crippen LogP contribution < -0.4 is 5.32 Å². The number of halogens is 1. The zero-order chi connectivity index (χ0) is 14.5. The SMILES string of the molecule is Fc1ccccc1Nc1nnc(SCc2ccccc2)s1. The molecule has 1 heterocycles. The van der Waals surface area contributed by atoms with Crippen LogP contribution in [-0.2, 0) is 5.75 Å². The van der Waals surface area contributed by atoms with Crippen molar-refractivity contribution in [1.82, 2.24) is 10.2 Å². The molecule has 0 amide bonds. The molecule has 0 saturated heterocycles. The van der Waals surface area contributed by atoms with Gasteiger partial charge in [-0.1, -0.05) is 65.6 Å². The lowest BCUT2D eigenvalue weighted by Gasteiger charge is -2.01. The summed E-state index contributed by atoms with van der Waals surface area (Å²) >= 11 is 3.04. The van der Waals surface area contributed by atoms with E-state index in [1.165, 1.54) is 23.0 Å². The van der Waals surface area contributed by atoms with Crippen LogP contribution in [0.15, 0.2) is 58.9 Å². The number of thioether (sulfide) groups is 1. The third kappa shape index (κ3) is 3.80. The second-order valence-corrected chi connectivity index (χ2v) is 6.45. The third-order valence-corrected chi connectivity index (χ3v) is 4.77. The van der Waals surface area contributed by atoms with Crippen molar-refractivity contribution in [3.05, 3.63) is 66.0 Å². The standard InChI is InChI=1S/C15H12FN3S2/c16-12-8-4-5-9-13(12)17-14-18-19-15(21-14)20-10-11-6-2-1-3-7-11/h1-9H,10H2,(H,17,18). The minimum atomic E-state index is -0.300. The average Bonchev–Trinajstić information content (AvgIpc) is 2.96. The highest BCUT2D eigenvalue weighted by atomic mass is 32.2. The van der Waals surface area contributed by atoms with Crippen LogP contribution in [0.3, 0.4) is 0 Å². The molecule has 106 valence electrons. The van der Waals surface area contributed by atoms with E-state index >= 15 is 0 Å². The van der Waals surface area contributed by atoms with Gasteiger partial charge < -0.3 is 5.32 Å². The number of anilines is 2. The summed E-state index contributed by atoms with van der Waals surface area (Å²) in [6, 6.07) is 16.7. The molecule has 0 fully saturated rings. The van der Waals surface area contributed by atoms with Crippen molar-refractivity contribution in [2.24, 2.45) is 0 Å². The van der Waals surface area contributed by atoms with Gasteiger partial charge in [-0.15, -0.1) is 10.2 Å². The summed E-state index contributed by atoms with van der Waals surface area (Å²) in [5.41, 5.74) is 1.65. The van der Waals surface area contributed by atoms with Gasteiger partial charge in [-0.25, -0.2) is 4.39 Å². The van der Waals surface area contributed by atoms with Crippen molar-refractivity contribution in [1.29, 1.82) is 0 Å². The number of para-hydroxylation sites is 1. The number of hydrogen-bond acceptors (Lipinski definition) is 5. The van der Waals surface area contributed by atoms with Crippen LogP contribution in [-0.4, -0.2) is 10.2 Å².